The number of aromatic nitrogens is 2. The van der Waals surface area contributed by atoms with Gasteiger partial charge in [-0.3, -0.25) is 10.1 Å². The number of rotatable bonds is 7. The fourth-order valence-electron chi connectivity index (χ4n) is 2.53. The molecule has 2 aromatic carbocycles. The van der Waals surface area contributed by atoms with Gasteiger partial charge < -0.3 is 15.4 Å². The summed E-state index contributed by atoms with van der Waals surface area (Å²) in [4.78, 5) is 19.2. The molecular formula is C19H19N5O3. The summed E-state index contributed by atoms with van der Waals surface area (Å²) in [6.45, 7) is 2.06. The summed E-state index contributed by atoms with van der Waals surface area (Å²) in [7, 11) is 1.55. The van der Waals surface area contributed by atoms with Crippen LogP contribution in [0.2, 0.25) is 0 Å². The van der Waals surface area contributed by atoms with Crippen LogP contribution in [0, 0.1) is 10.1 Å². The minimum atomic E-state index is -0.509. The number of ether oxygens (including phenoxy) is 1. The standard InChI is InChI=1S/C19H19N5O3/c1-3-13-7-9-14(10-8-13)22-18-17(24(25)26)19(21-12-20-18)23-15-5-4-6-16(11-15)27-2/h4-12H,3H2,1-2H3,(H2,20,21,22,23). The Morgan fingerprint density at radius 2 is 1.70 bits per heavy atom. The Hall–Kier alpha value is -3.68. The van der Waals surface area contributed by atoms with Crippen LogP contribution in [0.15, 0.2) is 54.9 Å². The Morgan fingerprint density at radius 1 is 1.04 bits per heavy atom. The summed E-state index contributed by atoms with van der Waals surface area (Å²) in [6, 6.07) is 14.7. The number of nitrogens with one attached hydrogen (secondary N) is 2. The first kappa shape index (κ1) is 18.1. The second-order valence-electron chi connectivity index (χ2n) is 5.71. The summed E-state index contributed by atoms with van der Waals surface area (Å²) < 4.78 is 5.17. The Balaban J connectivity index is 1.92. The molecule has 0 spiro atoms. The lowest BCUT2D eigenvalue weighted by molar-refractivity contribution is -0.383. The molecule has 0 atom stereocenters. The van der Waals surface area contributed by atoms with E-state index in [0.29, 0.717) is 17.1 Å². The average Bonchev–Trinajstić information content (AvgIpc) is 2.68. The number of nitro groups is 1. The van der Waals surface area contributed by atoms with Crippen molar-refractivity contribution < 1.29 is 9.66 Å². The largest absolute Gasteiger partial charge is 0.497 e. The van der Waals surface area contributed by atoms with Gasteiger partial charge in [-0.05, 0) is 36.2 Å². The van der Waals surface area contributed by atoms with Gasteiger partial charge in [0.15, 0.2) is 0 Å². The van der Waals surface area contributed by atoms with Gasteiger partial charge in [0.2, 0.25) is 11.6 Å². The van der Waals surface area contributed by atoms with Gasteiger partial charge in [0.1, 0.15) is 12.1 Å². The lowest BCUT2D eigenvalue weighted by Crippen LogP contribution is -2.05. The van der Waals surface area contributed by atoms with Crippen molar-refractivity contribution in [1.29, 1.82) is 0 Å². The second-order valence-corrected chi connectivity index (χ2v) is 5.71. The van der Waals surface area contributed by atoms with Gasteiger partial charge in [0, 0.05) is 17.4 Å². The third-order valence-corrected chi connectivity index (χ3v) is 3.96. The summed E-state index contributed by atoms with van der Waals surface area (Å²) in [5.74, 6) is 0.839. The van der Waals surface area contributed by atoms with Crippen LogP contribution in [0.4, 0.5) is 28.7 Å². The molecule has 0 aliphatic heterocycles. The van der Waals surface area contributed by atoms with E-state index in [9.17, 15) is 10.1 Å². The van der Waals surface area contributed by atoms with Crippen LogP contribution in [0.1, 0.15) is 12.5 Å². The zero-order valence-electron chi connectivity index (χ0n) is 15.0. The number of anilines is 4. The number of methoxy groups -OCH3 is 1. The third-order valence-electron chi connectivity index (χ3n) is 3.96. The van der Waals surface area contributed by atoms with Crippen LogP contribution < -0.4 is 15.4 Å². The first-order chi connectivity index (χ1) is 13.1. The van der Waals surface area contributed by atoms with Crippen LogP contribution >= 0.6 is 0 Å². The number of hydrogen-bond acceptors (Lipinski definition) is 7. The van der Waals surface area contributed by atoms with E-state index in [1.165, 1.54) is 11.9 Å². The monoisotopic (exact) mass is 365 g/mol. The fourth-order valence-corrected chi connectivity index (χ4v) is 2.53. The van der Waals surface area contributed by atoms with Crippen LogP contribution in [-0.2, 0) is 6.42 Å². The van der Waals surface area contributed by atoms with Crippen LogP contribution in [0.3, 0.4) is 0 Å². The predicted molar refractivity (Wildman–Crippen MR) is 104 cm³/mol. The van der Waals surface area contributed by atoms with Gasteiger partial charge in [-0.1, -0.05) is 25.1 Å². The third kappa shape index (κ3) is 4.30. The molecule has 0 unspecified atom stereocenters. The van der Waals surface area contributed by atoms with Crippen LogP contribution in [0.25, 0.3) is 0 Å². The van der Waals surface area contributed by atoms with Gasteiger partial charge in [-0.25, -0.2) is 9.97 Å². The summed E-state index contributed by atoms with van der Waals surface area (Å²) in [6.07, 6.45) is 2.20. The first-order valence-corrected chi connectivity index (χ1v) is 8.37. The second kappa shape index (κ2) is 8.13. The topological polar surface area (TPSA) is 102 Å². The smallest absolute Gasteiger partial charge is 0.353 e. The van der Waals surface area contributed by atoms with Gasteiger partial charge in [-0.15, -0.1) is 0 Å². The first-order valence-electron chi connectivity index (χ1n) is 8.37. The highest BCUT2D eigenvalue weighted by atomic mass is 16.6. The molecule has 0 bridgehead atoms. The highest BCUT2D eigenvalue weighted by molar-refractivity contribution is 5.77. The van der Waals surface area contributed by atoms with E-state index in [0.717, 1.165) is 6.42 Å². The highest BCUT2D eigenvalue weighted by Crippen LogP contribution is 2.33. The van der Waals surface area contributed by atoms with Crippen molar-refractivity contribution in [2.24, 2.45) is 0 Å². The minimum Gasteiger partial charge on any atom is -0.497 e. The zero-order chi connectivity index (χ0) is 19.2. The zero-order valence-corrected chi connectivity index (χ0v) is 15.0. The SMILES string of the molecule is CCc1ccc(Nc2ncnc(Nc3cccc(OC)c3)c2[N+](=O)[O-])cc1. The number of benzene rings is 2. The number of nitrogens with zero attached hydrogens (tertiary/aromatic N) is 3. The van der Waals surface area contributed by atoms with Crippen LogP contribution in [0.5, 0.6) is 5.75 Å². The van der Waals surface area contributed by atoms with Crippen molar-refractivity contribution in [3.63, 3.8) is 0 Å². The maximum Gasteiger partial charge on any atom is 0.353 e. The molecule has 3 aromatic rings. The molecule has 2 N–H and O–H groups in total. The Bertz CT molecular complexity index is 944. The van der Waals surface area contributed by atoms with Crippen molar-refractivity contribution >= 4 is 28.7 Å². The summed E-state index contributed by atoms with van der Waals surface area (Å²) >= 11 is 0. The summed E-state index contributed by atoms with van der Waals surface area (Å²) in [5, 5.41) is 17.6. The minimum absolute atomic E-state index is 0.0935. The molecule has 8 heteroatoms. The van der Waals surface area contributed by atoms with E-state index in [2.05, 4.69) is 27.5 Å². The molecule has 8 nitrogen and oxygen atoms in total. The number of hydrogen-bond donors (Lipinski definition) is 2. The molecule has 1 heterocycles. The quantitative estimate of drug-likeness (QED) is 0.471. The highest BCUT2D eigenvalue weighted by Gasteiger charge is 2.23. The number of aryl methyl sites for hydroxylation is 1. The Kier molecular flexibility index (Phi) is 5.46. The molecule has 3 rings (SSSR count). The molecule has 0 radical (unpaired) electrons. The fraction of sp³-hybridized carbons (Fsp3) is 0.158. The van der Waals surface area contributed by atoms with Crippen molar-refractivity contribution in [2.75, 3.05) is 17.7 Å². The van der Waals surface area contributed by atoms with Gasteiger partial charge >= 0.3 is 5.69 Å². The molecule has 0 fully saturated rings. The molecule has 0 saturated carbocycles. The normalized spacial score (nSPS) is 10.3. The molecule has 0 saturated heterocycles. The lowest BCUT2D eigenvalue weighted by atomic mass is 10.1. The molecule has 0 aliphatic rings. The average molecular weight is 365 g/mol. The predicted octanol–water partition coefficient (Wildman–Crippen LogP) is 4.44. The Labute approximate surface area is 156 Å². The van der Waals surface area contributed by atoms with Crippen molar-refractivity contribution in [3.05, 3.63) is 70.5 Å². The van der Waals surface area contributed by atoms with E-state index in [1.807, 2.05) is 24.3 Å². The molecule has 138 valence electrons. The molecule has 0 amide bonds. The van der Waals surface area contributed by atoms with E-state index in [4.69, 9.17) is 4.74 Å². The maximum absolute atomic E-state index is 11.7. The van der Waals surface area contributed by atoms with Gasteiger partial charge in [-0.2, -0.15) is 0 Å². The molecule has 1 aromatic heterocycles. The molecular weight excluding hydrogens is 346 g/mol. The van der Waals surface area contributed by atoms with Gasteiger partial charge in [0.25, 0.3) is 0 Å². The van der Waals surface area contributed by atoms with Crippen molar-refractivity contribution in [1.82, 2.24) is 9.97 Å². The lowest BCUT2D eigenvalue weighted by Gasteiger charge is -2.11. The van der Waals surface area contributed by atoms with E-state index < -0.39 is 4.92 Å². The maximum atomic E-state index is 11.7. The van der Waals surface area contributed by atoms with Crippen molar-refractivity contribution in [3.8, 4) is 5.75 Å². The Morgan fingerprint density at radius 3 is 2.30 bits per heavy atom. The van der Waals surface area contributed by atoms with E-state index in [-0.39, 0.29) is 17.3 Å². The van der Waals surface area contributed by atoms with E-state index in [1.54, 1.807) is 31.4 Å². The molecule has 0 aliphatic carbocycles. The van der Waals surface area contributed by atoms with Crippen molar-refractivity contribution in [2.45, 2.75) is 13.3 Å². The molecule has 27 heavy (non-hydrogen) atoms. The van der Waals surface area contributed by atoms with E-state index >= 15 is 0 Å². The summed E-state index contributed by atoms with van der Waals surface area (Å²) in [5.41, 5.74) is 2.27. The van der Waals surface area contributed by atoms with Crippen LogP contribution in [-0.4, -0.2) is 22.0 Å². The van der Waals surface area contributed by atoms with Gasteiger partial charge in [0.05, 0.1) is 12.0 Å².